The lowest BCUT2D eigenvalue weighted by Crippen LogP contribution is -2.26. The smallest absolute Gasteiger partial charge is 0.270 e. The number of carbonyl (C=O) groups excluding carboxylic acids is 1. The predicted octanol–water partition coefficient (Wildman–Crippen LogP) is 2.13. The van der Waals surface area contributed by atoms with E-state index in [2.05, 4.69) is 20.6 Å². The van der Waals surface area contributed by atoms with E-state index in [0.29, 0.717) is 19.6 Å². The Hall–Kier alpha value is -2.54. The van der Waals surface area contributed by atoms with Crippen LogP contribution in [0.15, 0.2) is 36.5 Å². The SMILES string of the molecule is COCCCNC(=O)c1ccnc(Nc2ccccc2F)n1. The van der Waals surface area contributed by atoms with Crippen molar-refractivity contribution < 1.29 is 13.9 Å². The number of amides is 1. The van der Waals surface area contributed by atoms with Gasteiger partial charge in [-0.3, -0.25) is 4.79 Å². The summed E-state index contributed by atoms with van der Waals surface area (Å²) in [6, 6.07) is 7.67. The molecule has 1 heterocycles. The van der Waals surface area contributed by atoms with Crippen LogP contribution in [0.1, 0.15) is 16.9 Å². The molecule has 7 heteroatoms. The molecule has 1 aromatic carbocycles. The average Bonchev–Trinajstić information content (AvgIpc) is 2.54. The van der Waals surface area contributed by atoms with Gasteiger partial charge in [-0.15, -0.1) is 0 Å². The first-order chi connectivity index (χ1) is 10.7. The molecular weight excluding hydrogens is 287 g/mol. The summed E-state index contributed by atoms with van der Waals surface area (Å²) in [6.45, 7) is 1.07. The highest BCUT2D eigenvalue weighted by Gasteiger charge is 2.09. The summed E-state index contributed by atoms with van der Waals surface area (Å²) in [4.78, 5) is 20.0. The molecule has 1 aromatic heterocycles. The Morgan fingerprint density at radius 3 is 2.91 bits per heavy atom. The van der Waals surface area contributed by atoms with E-state index in [1.807, 2.05) is 0 Å². The summed E-state index contributed by atoms with van der Waals surface area (Å²) in [7, 11) is 1.60. The highest BCUT2D eigenvalue weighted by Crippen LogP contribution is 2.16. The maximum Gasteiger partial charge on any atom is 0.270 e. The van der Waals surface area contributed by atoms with Crippen molar-refractivity contribution in [3.63, 3.8) is 0 Å². The zero-order valence-electron chi connectivity index (χ0n) is 12.2. The number of hydrogen-bond acceptors (Lipinski definition) is 5. The summed E-state index contributed by atoms with van der Waals surface area (Å²) in [5.74, 6) is -0.565. The van der Waals surface area contributed by atoms with E-state index in [0.717, 1.165) is 0 Å². The van der Waals surface area contributed by atoms with Crippen molar-refractivity contribution in [3.05, 3.63) is 48.0 Å². The van der Waals surface area contributed by atoms with Gasteiger partial charge in [-0.05, 0) is 24.6 Å². The Kier molecular flexibility index (Phi) is 5.79. The van der Waals surface area contributed by atoms with Gasteiger partial charge in [0, 0.05) is 26.5 Å². The monoisotopic (exact) mass is 304 g/mol. The van der Waals surface area contributed by atoms with Gasteiger partial charge in [0.05, 0.1) is 5.69 Å². The topological polar surface area (TPSA) is 76.1 Å². The highest BCUT2D eigenvalue weighted by atomic mass is 19.1. The first-order valence-electron chi connectivity index (χ1n) is 6.82. The summed E-state index contributed by atoms with van der Waals surface area (Å²) in [6.07, 6.45) is 2.16. The zero-order valence-corrected chi connectivity index (χ0v) is 12.2. The molecule has 2 N–H and O–H groups in total. The molecule has 0 fully saturated rings. The van der Waals surface area contributed by atoms with Crippen LogP contribution in [0.2, 0.25) is 0 Å². The Morgan fingerprint density at radius 1 is 1.32 bits per heavy atom. The molecule has 0 radical (unpaired) electrons. The van der Waals surface area contributed by atoms with Gasteiger partial charge in [0.15, 0.2) is 0 Å². The third-order valence-corrected chi connectivity index (χ3v) is 2.82. The number of anilines is 2. The maximum absolute atomic E-state index is 13.6. The van der Waals surface area contributed by atoms with Crippen LogP contribution in [0.25, 0.3) is 0 Å². The number of nitrogens with zero attached hydrogens (tertiary/aromatic N) is 2. The van der Waals surface area contributed by atoms with Gasteiger partial charge in [-0.1, -0.05) is 12.1 Å². The fraction of sp³-hybridized carbons (Fsp3) is 0.267. The number of methoxy groups -OCH3 is 1. The lowest BCUT2D eigenvalue weighted by atomic mass is 10.3. The molecule has 0 aliphatic heterocycles. The minimum Gasteiger partial charge on any atom is -0.385 e. The van der Waals surface area contributed by atoms with E-state index in [-0.39, 0.29) is 23.2 Å². The van der Waals surface area contributed by atoms with Crippen LogP contribution >= 0.6 is 0 Å². The normalized spacial score (nSPS) is 10.3. The minimum atomic E-state index is -0.416. The Balaban J connectivity index is 2.00. The molecule has 0 saturated heterocycles. The van der Waals surface area contributed by atoms with Gasteiger partial charge in [0.25, 0.3) is 5.91 Å². The molecule has 0 aliphatic carbocycles. The number of benzene rings is 1. The van der Waals surface area contributed by atoms with Crippen molar-refractivity contribution in [3.8, 4) is 0 Å². The third-order valence-electron chi connectivity index (χ3n) is 2.82. The van der Waals surface area contributed by atoms with Gasteiger partial charge < -0.3 is 15.4 Å². The Labute approximate surface area is 127 Å². The second kappa shape index (κ2) is 8.04. The van der Waals surface area contributed by atoms with Gasteiger partial charge in [0.2, 0.25) is 5.95 Å². The predicted molar refractivity (Wildman–Crippen MR) is 80.5 cm³/mol. The van der Waals surface area contributed by atoms with E-state index < -0.39 is 5.82 Å². The molecule has 0 spiro atoms. The van der Waals surface area contributed by atoms with Crippen molar-refractivity contribution in [1.82, 2.24) is 15.3 Å². The second-order valence-corrected chi connectivity index (χ2v) is 4.47. The summed E-state index contributed by atoms with van der Waals surface area (Å²) in [5.41, 5.74) is 0.464. The molecule has 2 rings (SSSR count). The van der Waals surface area contributed by atoms with Crippen LogP contribution in [0.5, 0.6) is 0 Å². The van der Waals surface area contributed by atoms with Crippen LogP contribution in [0.4, 0.5) is 16.0 Å². The quantitative estimate of drug-likeness (QED) is 0.766. The van der Waals surface area contributed by atoms with Crippen molar-refractivity contribution in [2.75, 3.05) is 25.6 Å². The fourth-order valence-electron chi connectivity index (χ4n) is 1.74. The maximum atomic E-state index is 13.6. The standard InChI is InChI=1S/C15H17FN4O2/c1-22-10-4-8-17-14(21)13-7-9-18-15(20-13)19-12-6-3-2-5-11(12)16/h2-3,5-7,9H,4,8,10H2,1H3,(H,17,21)(H,18,19,20). The van der Waals surface area contributed by atoms with Crippen LogP contribution in [0.3, 0.4) is 0 Å². The highest BCUT2D eigenvalue weighted by molar-refractivity contribution is 5.92. The van der Waals surface area contributed by atoms with Crippen LogP contribution in [-0.2, 0) is 4.74 Å². The molecule has 116 valence electrons. The molecule has 2 aromatic rings. The molecule has 0 aliphatic rings. The molecule has 0 bridgehead atoms. The van der Waals surface area contributed by atoms with Crippen molar-refractivity contribution in [2.45, 2.75) is 6.42 Å². The van der Waals surface area contributed by atoms with Crippen LogP contribution in [-0.4, -0.2) is 36.1 Å². The number of halogens is 1. The van der Waals surface area contributed by atoms with E-state index in [1.165, 1.54) is 18.3 Å². The minimum absolute atomic E-state index is 0.162. The number of para-hydroxylation sites is 1. The summed E-state index contributed by atoms with van der Waals surface area (Å²) in [5, 5.41) is 5.47. The van der Waals surface area contributed by atoms with Crippen LogP contribution in [0, 0.1) is 5.82 Å². The van der Waals surface area contributed by atoms with E-state index in [9.17, 15) is 9.18 Å². The number of carbonyl (C=O) groups is 1. The van der Waals surface area contributed by atoms with Crippen LogP contribution < -0.4 is 10.6 Å². The van der Waals surface area contributed by atoms with E-state index in [1.54, 1.807) is 25.3 Å². The molecule has 1 amide bonds. The van der Waals surface area contributed by atoms with Gasteiger partial charge >= 0.3 is 0 Å². The zero-order chi connectivity index (χ0) is 15.8. The number of aromatic nitrogens is 2. The lowest BCUT2D eigenvalue weighted by Gasteiger charge is -2.07. The molecule has 22 heavy (non-hydrogen) atoms. The number of hydrogen-bond donors (Lipinski definition) is 2. The van der Waals surface area contributed by atoms with Crippen molar-refractivity contribution >= 4 is 17.5 Å². The second-order valence-electron chi connectivity index (χ2n) is 4.47. The van der Waals surface area contributed by atoms with Gasteiger partial charge in [-0.25, -0.2) is 14.4 Å². The average molecular weight is 304 g/mol. The van der Waals surface area contributed by atoms with Crippen molar-refractivity contribution in [1.29, 1.82) is 0 Å². The first-order valence-corrected chi connectivity index (χ1v) is 6.82. The molecular formula is C15H17FN4O2. The molecule has 6 nitrogen and oxygen atoms in total. The van der Waals surface area contributed by atoms with E-state index in [4.69, 9.17) is 4.74 Å². The summed E-state index contributed by atoms with van der Waals surface area (Å²) >= 11 is 0. The van der Waals surface area contributed by atoms with Gasteiger partial charge in [-0.2, -0.15) is 0 Å². The first kappa shape index (κ1) is 15.8. The number of nitrogens with one attached hydrogen (secondary N) is 2. The number of ether oxygens (including phenoxy) is 1. The molecule has 0 saturated carbocycles. The molecule has 0 atom stereocenters. The fourth-order valence-corrected chi connectivity index (χ4v) is 1.74. The van der Waals surface area contributed by atoms with E-state index >= 15 is 0 Å². The largest absolute Gasteiger partial charge is 0.385 e. The Morgan fingerprint density at radius 2 is 2.14 bits per heavy atom. The summed E-state index contributed by atoms with van der Waals surface area (Å²) < 4.78 is 18.5. The Bertz CT molecular complexity index is 636. The third kappa shape index (κ3) is 4.49. The molecule has 0 unspecified atom stereocenters. The number of rotatable bonds is 7. The van der Waals surface area contributed by atoms with Gasteiger partial charge in [0.1, 0.15) is 11.5 Å². The van der Waals surface area contributed by atoms with Crippen molar-refractivity contribution in [2.24, 2.45) is 0 Å². The lowest BCUT2D eigenvalue weighted by molar-refractivity contribution is 0.0943.